The summed E-state index contributed by atoms with van der Waals surface area (Å²) in [5.41, 5.74) is 0.249. The molecule has 0 bridgehead atoms. The van der Waals surface area contributed by atoms with Gasteiger partial charge in [0.15, 0.2) is 5.69 Å². The van der Waals surface area contributed by atoms with Crippen LogP contribution in [0.3, 0.4) is 0 Å². The molecule has 0 saturated heterocycles. The highest BCUT2D eigenvalue weighted by atomic mass is 32.1. The largest absolute Gasteiger partial charge is 0.351 e. The lowest BCUT2D eigenvalue weighted by Crippen LogP contribution is -2.25. The summed E-state index contributed by atoms with van der Waals surface area (Å²) in [5.74, 6) is -0.229. The standard InChI is InChI=1S/C7H12N4OS/c1-2-3-4-8-6(12)5-7(13)10-11-9-5/h2-4H2,1H3,(H,8,12)(H2,9,10,11,13). The first-order chi connectivity index (χ1) is 6.25. The highest BCUT2D eigenvalue weighted by molar-refractivity contribution is 7.80. The van der Waals surface area contributed by atoms with Gasteiger partial charge >= 0.3 is 0 Å². The van der Waals surface area contributed by atoms with Gasteiger partial charge in [-0.2, -0.15) is 0 Å². The molecule has 2 N–H and O–H groups in total. The molecule has 72 valence electrons. The van der Waals surface area contributed by atoms with Crippen molar-refractivity contribution >= 4 is 18.5 Å². The van der Waals surface area contributed by atoms with Gasteiger partial charge in [0.25, 0.3) is 5.91 Å². The van der Waals surface area contributed by atoms with E-state index in [0.717, 1.165) is 12.8 Å². The van der Waals surface area contributed by atoms with Crippen LogP contribution in [0, 0.1) is 0 Å². The first-order valence-corrected chi connectivity index (χ1v) is 4.58. The van der Waals surface area contributed by atoms with Gasteiger partial charge in [0.1, 0.15) is 5.03 Å². The Morgan fingerprint density at radius 1 is 1.69 bits per heavy atom. The fraction of sp³-hybridized carbons (Fsp3) is 0.571. The van der Waals surface area contributed by atoms with Crippen molar-refractivity contribution in [1.82, 2.24) is 20.7 Å². The number of H-pyrrole nitrogens is 1. The lowest BCUT2D eigenvalue weighted by atomic mass is 10.3. The van der Waals surface area contributed by atoms with Gasteiger partial charge in [-0.05, 0) is 6.42 Å². The summed E-state index contributed by atoms with van der Waals surface area (Å²) in [4.78, 5) is 11.3. The second-order valence-electron chi connectivity index (χ2n) is 2.62. The molecule has 0 fully saturated rings. The normalized spacial score (nSPS) is 10.0. The molecule has 0 aliphatic rings. The van der Waals surface area contributed by atoms with Crippen LogP contribution in [-0.2, 0) is 0 Å². The number of carbonyl (C=O) groups excluding carboxylic acids is 1. The number of thiol groups is 1. The van der Waals surface area contributed by atoms with E-state index in [0.29, 0.717) is 11.6 Å². The summed E-state index contributed by atoms with van der Waals surface area (Å²) in [5, 5.41) is 12.7. The van der Waals surface area contributed by atoms with Crippen LogP contribution in [0.4, 0.5) is 0 Å². The SMILES string of the molecule is CCCCNC(=O)c1nn[nH]c1S. The minimum absolute atomic E-state index is 0.229. The fourth-order valence-corrected chi connectivity index (χ4v) is 1.03. The number of aromatic amines is 1. The van der Waals surface area contributed by atoms with Crippen molar-refractivity contribution < 1.29 is 4.79 Å². The predicted octanol–water partition coefficient (Wildman–Crippen LogP) is 0.623. The molecule has 0 spiro atoms. The van der Waals surface area contributed by atoms with Crippen LogP contribution in [0.5, 0.6) is 0 Å². The van der Waals surface area contributed by atoms with Crippen molar-refractivity contribution in [2.45, 2.75) is 24.8 Å². The quantitative estimate of drug-likeness (QED) is 0.493. The molecular weight excluding hydrogens is 188 g/mol. The molecule has 5 nitrogen and oxygen atoms in total. The molecule has 0 aromatic carbocycles. The van der Waals surface area contributed by atoms with Gasteiger partial charge in [0.05, 0.1) is 0 Å². The van der Waals surface area contributed by atoms with Gasteiger partial charge in [-0.3, -0.25) is 9.89 Å². The lowest BCUT2D eigenvalue weighted by molar-refractivity contribution is 0.0945. The first kappa shape index (κ1) is 10.0. The van der Waals surface area contributed by atoms with Gasteiger partial charge in [0.2, 0.25) is 0 Å². The second kappa shape index (κ2) is 4.86. The molecule has 1 amide bonds. The van der Waals surface area contributed by atoms with Crippen LogP contribution >= 0.6 is 12.6 Å². The Labute approximate surface area is 81.7 Å². The van der Waals surface area contributed by atoms with Gasteiger partial charge in [-0.15, -0.1) is 17.7 Å². The molecule has 0 atom stereocenters. The Balaban J connectivity index is 2.45. The van der Waals surface area contributed by atoms with Crippen molar-refractivity contribution in [3.05, 3.63) is 5.69 Å². The molecule has 0 aliphatic carbocycles. The molecule has 6 heteroatoms. The van der Waals surface area contributed by atoms with Crippen LogP contribution in [0.1, 0.15) is 30.3 Å². The van der Waals surface area contributed by atoms with E-state index in [9.17, 15) is 4.79 Å². The van der Waals surface area contributed by atoms with E-state index in [1.165, 1.54) is 0 Å². The molecule has 1 aromatic heterocycles. The minimum Gasteiger partial charge on any atom is -0.351 e. The Morgan fingerprint density at radius 2 is 2.46 bits per heavy atom. The highest BCUT2D eigenvalue weighted by Gasteiger charge is 2.11. The van der Waals surface area contributed by atoms with E-state index in [-0.39, 0.29) is 11.6 Å². The predicted molar refractivity (Wildman–Crippen MR) is 50.9 cm³/mol. The molecule has 0 radical (unpaired) electrons. The maximum atomic E-state index is 11.3. The summed E-state index contributed by atoms with van der Waals surface area (Å²) >= 11 is 3.99. The van der Waals surface area contributed by atoms with Crippen molar-refractivity contribution in [1.29, 1.82) is 0 Å². The van der Waals surface area contributed by atoms with Crippen LogP contribution in [0.2, 0.25) is 0 Å². The highest BCUT2D eigenvalue weighted by Crippen LogP contribution is 2.04. The van der Waals surface area contributed by atoms with Gasteiger partial charge in [-0.25, -0.2) is 0 Å². The number of nitrogens with one attached hydrogen (secondary N) is 2. The average molecular weight is 200 g/mol. The zero-order valence-corrected chi connectivity index (χ0v) is 8.27. The molecule has 1 heterocycles. The third-order valence-electron chi connectivity index (χ3n) is 1.56. The number of carbonyl (C=O) groups is 1. The van der Waals surface area contributed by atoms with Crippen molar-refractivity contribution in [2.24, 2.45) is 0 Å². The number of hydrogen-bond donors (Lipinski definition) is 3. The Morgan fingerprint density at radius 3 is 3.00 bits per heavy atom. The molecule has 0 aliphatic heterocycles. The van der Waals surface area contributed by atoms with E-state index in [4.69, 9.17) is 0 Å². The minimum atomic E-state index is -0.229. The van der Waals surface area contributed by atoms with Crippen LogP contribution in [0.25, 0.3) is 0 Å². The van der Waals surface area contributed by atoms with E-state index < -0.39 is 0 Å². The number of hydrogen-bond acceptors (Lipinski definition) is 4. The molecule has 1 aromatic rings. The second-order valence-corrected chi connectivity index (χ2v) is 3.07. The van der Waals surface area contributed by atoms with E-state index in [1.807, 2.05) is 0 Å². The zero-order valence-electron chi connectivity index (χ0n) is 7.37. The van der Waals surface area contributed by atoms with Gasteiger partial charge in [-0.1, -0.05) is 18.6 Å². The van der Waals surface area contributed by atoms with Gasteiger partial charge in [0, 0.05) is 6.54 Å². The molecule has 1 rings (SSSR count). The molecular formula is C7H12N4OS. The first-order valence-electron chi connectivity index (χ1n) is 4.14. The molecule has 0 unspecified atom stereocenters. The summed E-state index contributed by atoms with van der Waals surface area (Å²) < 4.78 is 0. The third kappa shape index (κ3) is 2.73. The third-order valence-corrected chi connectivity index (χ3v) is 1.87. The Hall–Kier alpha value is -1.04. The van der Waals surface area contributed by atoms with Crippen LogP contribution < -0.4 is 5.32 Å². The van der Waals surface area contributed by atoms with Crippen molar-refractivity contribution in [2.75, 3.05) is 6.54 Å². The zero-order chi connectivity index (χ0) is 9.68. The fourth-order valence-electron chi connectivity index (χ4n) is 0.838. The topological polar surface area (TPSA) is 70.7 Å². The van der Waals surface area contributed by atoms with Crippen LogP contribution in [0.15, 0.2) is 5.03 Å². The van der Waals surface area contributed by atoms with E-state index in [1.54, 1.807) is 0 Å². The lowest BCUT2D eigenvalue weighted by Gasteiger charge is -2.00. The molecule has 13 heavy (non-hydrogen) atoms. The number of rotatable bonds is 4. The summed E-state index contributed by atoms with van der Waals surface area (Å²) in [6, 6.07) is 0. The number of aromatic nitrogens is 3. The van der Waals surface area contributed by atoms with Crippen LogP contribution in [-0.4, -0.2) is 27.9 Å². The smallest absolute Gasteiger partial charge is 0.274 e. The van der Waals surface area contributed by atoms with Gasteiger partial charge < -0.3 is 5.32 Å². The Kier molecular flexibility index (Phi) is 3.75. The maximum Gasteiger partial charge on any atom is 0.274 e. The number of amides is 1. The number of unbranched alkanes of at least 4 members (excludes halogenated alkanes) is 1. The van der Waals surface area contributed by atoms with Crippen molar-refractivity contribution in [3.63, 3.8) is 0 Å². The maximum absolute atomic E-state index is 11.3. The van der Waals surface area contributed by atoms with E-state index >= 15 is 0 Å². The molecule has 0 saturated carbocycles. The average Bonchev–Trinajstić information content (AvgIpc) is 2.52. The monoisotopic (exact) mass is 200 g/mol. The summed E-state index contributed by atoms with van der Waals surface area (Å²) in [6.45, 7) is 2.72. The van der Waals surface area contributed by atoms with E-state index in [2.05, 4.69) is 40.3 Å². The summed E-state index contributed by atoms with van der Waals surface area (Å²) in [6.07, 6.45) is 2.01. The summed E-state index contributed by atoms with van der Waals surface area (Å²) in [7, 11) is 0. The number of nitrogens with zero attached hydrogens (tertiary/aromatic N) is 2. The van der Waals surface area contributed by atoms with Crippen molar-refractivity contribution in [3.8, 4) is 0 Å². The Bertz CT molecular complexity index is 286.